The Hall–Kier alpha value is -2.85. The van der Waals surface area contributed by atoms with E-state index in [-0.39, 0.29) is 6.61 Å². The third kappa shape index (κ3) is 3.09. The number of ether oxygens (including phenoxy) is 1. The predicted octanol–water partition coefficient (Wildman–Crippen LogP) is 5.12. The average molecular weight is 337 g/mol. The molecule has 4 nitrogen and oxygen atoms in total. The molecule has 4 aromatic rings. The summed E-state index contributed by atoms with van der Waals surface area (Å²) in [7, 11) is 0. The normalized spacial score (nSPS) is 10.9. The molecule has 0 unspecified atom stereocenters. The summed E-state index contributed by atoms with van der Waals surface area (Å²) in [6.07, 6.45) is 0. The lowest BCUT2D eigenvalue weighted by molar-refractivity contribution is 0.265. The molecular weight excluding hydrogens is 324 g/mol. The monoisotopic (exact) mass is 336 g/mol. The molecule has 0 fully saturated rings. The highest BCUT2D eigenvalue weighted by atomic mass is 35.5. The van der Waals surface area contributed by atoms with E-state index in [4.69, 9.17) is 20.8 Å². The van der Waals surface area contributed by atoms with Crippen LogP contribution in [0.3, 0.4) is 0 Å². The minimum atomic E-state index is 0.214. The van der Waals surface area contributed by atoms with Crippen molar-refractivity contribution in [2.24, 2.45) is 0 Å². The molecule has 0 amide bonds. The molecule has 0 aliphatic rings. The summed E-state index contributed by atoms with van der Waals surface area (Å²) in [4.78, 5) is 0. The van der Waals surface area contributed by atoms with Gasteiger partial charge in [-0.15, -0.1) is 10.2 Å². The standard InChI is InChI=1S/C19H13ClN2O2/c20-16-7-3-6-15(10-16)19-22-21-18(24-19)12-23-17-9-8-13-4-1-2-5-14(13)11-17/h1-11H,12H2. The van der Waals surface area contributed by atoms with E-state index in [9.17, 15) is 0 Å². The van der Waals surface area contributed by atoms with Crippen LogP contribution in [0.15, 0.2) is 71.1 Å². The van der Waals surface area contributed by atoms with Gasteiger partial charge in [-0.3, -0.25) is 0 Å². The van der Waals surface area contributed by atoms with E-state index >= 15 is 0 Å². The van der Waals surface area contributed by atoms with Crippen molar-refractivity contribution in [2.75, 3.05) is 0 Å². The molecule has 0 aliphatic carbocycles. The molecule has 0 saturated heterocycles. The molecule has 118 valence electrons. The van der Waals surface area contributed by atoms with Crippen molar-refractivity contribution in [3.8, 4) is 17.2 Å². The van der Waals surface area contributed by atoms with Gasteiger partial charge in [-0.1, -0.05) is 48.0 Å². The van der Waals surface area contributed by atoms with Crippen molar-refractivity contribution in [2.45, 2.75) is 6.61 Å². The quantitative estimate of drug-likeness (QED) is 0.519. The Kier molecular flexibility index (Phi) is 3.89. The van der Waals surface area contributed by atoms with Crippen LogP contribution in [0.5, 0.6) is 5.75 Å². The summed E-state index contributed by atoms with van der Waals surface area (Å²) >= 11 is 5.98. The lowest BCUT2D eigenvalue weighted by atomic mass is 10.1. The van der Waals surface area contributed by atoms with Crippen molar-refractivity contribution in [1.82, 2.24) is 10.2 Å². The van der Waals surface area contributed by atoms with E-state index in [1.165, 1.54) is 5.39 Å². The van der Waals surface area contributed by atoms with Crippen LogP contribution < -0.4 is 4.74 Å². The van der Waals surface area contributed by atoms with E-state index < -0.39 is 0 Å². The number of halogens is 1. The summed E-state index contributed by atoms with van der Waals surface area (Å²) < 4.78 is 11.4. The topological polar surface area (TPSA) is 48.2 Å². The molecule has 24 heavy (non-hydrogen) atoms. The van der Waals surface area contributed by atoms with E-state index in [1.807, 2.05) is 48.5 Å². The van der Waals surface area contributed by atoms with Crippen molar-refractivity contribution < 1.29 is 9.15 Å². The third-order valence-electron chi connectivity index (χ3n) is 3.62. The number of aromatic nitrogens is 2. The van der Waals surface area contributed by atoms with Crippen LogP contribution in [0.2, 0.25) is 5.02 Å². The number of rotatable bonds is 4. The van der Waals surface area contributed by atoms with Gasteiger partial charge in [0.05, 0.1) is 0 Å². The van der Waals surface area contributed by atoms with Gasteiger partial charge in [0, 0.05) is 10.6 Å². The maximum atomic E-state index is 5.98. The smallest absolute Gasteiger partial charge is 0.254 e. The maximum Gasteiger partial charge on any atom is 0.254 e. The van der Waals surface area contributed by atoms with Gasteiger partial charge in [0.2, 0.25) is 5.89 Å². The van der Waals surface area contributed by atoms with Crippen LogP contribution in [0, 0.1) is 0 Å². The summed E-state index contributed by atoms with van der Waals surface area (Å²) in [6.45, 7) is 0.214. The highest BCUT2D eigenvalue weighted by Crippen LogP contribution is 2.23. The number of fused-ring (bicyclic) bond motifs is 1. The van der Waals surface area contributed by atoms with Crippen molar-refractivity contribution in [3.05, 3.63) is 77.6 Å². The van der Waals surface area contributed by atoms with Gasteiger partial charge in [-0.05, 0) is 41.1 Å². The zero-order valence-corrected chi connectivity index (χ0v) is 13.4. The van der Waals surface area contributed by atoms with E-state index in [1.54, 1.807) is 12.1 Å². The molecule has 1 aromatic heterocycles. The van der Waals surface area contributed by atoms with Crippen LogP contribution in [-0.4, -0.2) is 10.2 Å². The van der Waals surface area contributed by atoms with Gasteiger partial charge in [-0.25, -0.2) is 0 Å². The Morgan fingerprint density at radius 3 is 2.62 bits per heavy atom. The molecular formula is C19H13ClN2O2. The van der Waals surface area contributed by atoms with Gasteiger partial charge in [0.1, 0.15) is 5.75 Å². The maximum absolute atomic E-state index is 5.98. The molecule has 0 radical (unpaired) electrons. The number of nitrogens with zero attached hydrogens (tertiary/aromatic N) is 2. The Balaban J connectivity index is 1.49. The fraction of sp³-hybridized carbons (Fsp3) is 0.0526. The van der Waals surface area contributed by atoms with Crippen LogP contribution in [0.4, 0.5) is 0 Å². The number of hydrogen-bond donors (Lipinski definition) is 0. The van der Waals surface area contributed by atoms with Crippen LogP contribution in [-0.2, 0) is 6.61 Å². The van der Waals surface area contributed by atoms with Gasteiger partial charge in [-0.2, -0.15) is 0 Å². The lowest BCUT2D eigenvalue weighted by Gasteiger charge is -2.04. The number of benzene rings is 3. The second kappa shape index (κ2) is 6.34. The Morgan fingerprint density at radius 1 is 0.875 bits per heavy atom. The number of hydrogen-bond acceptors (Lipinski definition) is 4. The van der Waals surface area contributed by atoms with Crippen LogP contribution in [0.1, 0.15) is 5.89 Å². The zero-order chi connectivity index (χ0) is 16.4. The molecule has 0 aliphatic heterocycles. The van der Waals surface area contributed by atoms with Gasteiger partial charge >= 0.3 is 0 Å². The Morgan fingerprint density at radius 2 is 1.75 bits per heavy atom. The summed E-state index contributed by atoms with van der Waals surface area (Å²) in [5.41, 5.74) is 0.784. The third-order valence-corrected chi connectivity index (χ3v) is 3.86. The van der Waals surface area contributed by atoms with Crippen molar-refractivity contribution in [3.63, 3.8) is 0 Å². The highest BCUT2D eigenvalue weighted by molar-refractivity contribution is 6.30. The van der Waals surface area contributed by atoms with Crippen LogP contribution >= 0.6 is 11.6 Å². The molecule has 0 bridgehead atoms. The largest absolute Gasteiger partial charge is 0.484 e. The Labute approximate surface area is 143 Å². The molecule has 3 aromatic carbocycles. The fourth-order valence-electron chi connectivity index (χ4n) is 2.45. The summed E-state index contributed by atoms with van der Waals surface area (Å²) in [5.74, 6) is 1.60. The van der Waals surface area contributed by atoms with E-state index in [0.717, 1.165) is 16.7 Å². The minimum absolute atomic E-state index is 0.214. The summed E-state index contributed by atoms with van der Waals surface area (Å²) in [6, 6.07) is 21.4. The first-order valence-electron chi connectivity index (χ1n) is 7.48. The fourth-order valence-corrected chi connectivity index (χ4v) is 2.64. The second-order valence-electron chi connectivity index (χ2n) is 5.31. The van der Waals surface area contributed by atoms with Crippen molar-refractivity contribution >= 4 is 22.4 Å². The first-order chi connectivity index (χ1) is 11.8. The molecule has 0 atom stereocenters. The van der Waals surface area contributed by atoms with Gasteiger partial charge < -0.3 is 9.15 Å². The lowest BCUT2D eigenvalue weighted by Crippen LogP contribution is -1.95. The SMILES string of the molecule is Clc1cccc(-c2nnc(COc3ccc4ccccc4c3)o2)c1. The predicted molar refractivity (Wildman–Crippen MR) is 93.0 cm³/mol. The summed E-state index contributed by atoms with van der Waals surface area (Å²) in [5, 5.41) is 11.0. The van der Waals surface area contributed by atoms with Crippen molar-refractivity contribution in [1.29, 1.82) is 0 Å². The van der Waals surface area contributed by atoms with Crippen LogP contribution in [0.25, 0.3) is 22.2 Å². The van der Waals surface area contributed by atoms with Gasteiger partial charge in [0.15, 0.2) is 6.61 Å². The molecule has 5 heteroatoms. The minimum Gasteiger partial charge on any atom is -0.484 e. The Bertz CT molecular complexity index is 997. The first kappa shape index (κ1) is 14.7. The first-order valence-corrected chi connectivity index (χ1v) is 7.86. The van der Waals surface area contributed by atoms with Gasteiger partial charge in [0.25, 0.3) is 5.89 Å². The van der Waals surface area contributed by atoms with E-state index in [0.29, 0.717) is 16.8 Å². The molecule has 0 N–H and O–H groups in total. The molecule has 1 heterocycles. The molecule has 4 rings (SSSR count). The molecule has 0 saturated carbocycles. The highest BCUT2D eigenvalue weighted by Gasteiger charge is 2.09. The average Bonchev–Trinajstić information content (AvgIpc) is 3.09. The van der Waals surface area contributed by atoms with E-state index in [2.05, 4.69) is 16.3 Å². The molecule has 0 spiro atoms. The second-order valence-corrected chi connectivity index (χ2v) is 5.75. The zero-order valence-electron chi connectivity index (χ0n) is 12.6.